The number of nitriles is 1. The lowest BCUT2D eigenvalue weighted by Gasteiger charge is -2.32. The lowest BCUT2D eigenvalue weighted by Crippen LogP contribution is -2.46. The predicted octanol–water partition coefficient (Wildman–Crippen LogP) is 3.25. The van der Waals surface area contributed by atoms with Crippen molar-refractivity contribution in [1.82, 2.24) is 5.32 Å². The molecular weight excluding hydrogens is 256 g/mol. The van der Waals surface area contributed by atoms with E-state index in [0.717, 1.165) is 38.6 Å². The first-order valence-corrected chi connectivity index (χ1v) is 8.64. The maximum Gasteiger partial charge on any atom is 0.240 e. The molecule has 0 heterocycles. The molecule has 2 aliphatic carbocycles. The average molecular weight is 280 g/mol. The van der Waals surface area contributed by atoms with E-state index in [0.29, 0.717) is 0 Å². The summed E-state index contributed by atoms with van der Waals surface area (Å²) in [6.45, 7) is 0.733. The molecule has 0 unspecified atom stereocenters. The lowest BCUT2D eigenvalue weighted by molar-refractivity contribution is -0.129. The van der Waals surface area contributed by atoms with E-state index in [2.05, 4.69) is 17.6 Å². The number of carbonyl (C=O) groups excluding carboxylic acids is 1. The third-order valence-electron chi connectivity index (χ3n) is 4.87. The van der Waals surface area contributed by atoms with Crippen LogP contribution in [0.2, 0.25) is 0 Å². The number of carbonyl (C=O) groups is 1. The molecule has 2 saturated carbocycles. The molecule has 2 aliphatic rings. The first kappa shape index (κ1) is 14.7. The largest absolute Gasteiger partial charge is 0.353 e. The van der Waals surface area contributed by atoms with Gasteiger partial charge in [0.25, 0.3) is 0 Å². The fraction of sp³-hybridized carbons (Fsp3) is 0.867. The number of hydrogen-bond acceptors (Lipinski definition) is 3. The van der Waals surface area contributed by atoms with Crippen LogP contribution >= 0.6 is 11.8 Å². The molecule has 0 spiro atoms. The summed E-state index contributed by atoms with van der Waals surface area (Å²) in [7, 11) is 0. The Morgan fingerprint density at radius 2 is 1.74 bits per heavy atom. The van der Waals surface area contributed by atoms with Gasteiger partial charge in [-0.25, -0.2) is 0 Å². The Morgan fingerprint density at radius 1 is 1.16 bits per heavy atom. The molecule has 0 aromatic carbocycles. The summed E-state index contributed by atoms with van der Waals surface area (Å²) in [5.74, 6) is -0.0185. The van der Waals surface area contributed by atoms with Crippen LogP contribution in [0.15, 0.2) is 0 Å². The molecule has 1 amide bonds. The summed E-state index contributed by atoms with van der Waals surface area (Å²) in [5, 5.41) is 12.5. The summed E-state index contributed by atoms with van der Waals surface area (Å²) in [6.07, 6.45) is 11.7. The Morgan fingerprint density at radius 3 is 2.26 bits per heavy atom. The quantitative estimate of drug-likeness (QED) is 0.860. The van der Waals surface area contributed by atoms with Gasteiger partial charge in [0, 0.05) is 11.3 Å². The van der Waals surface area contributed by atoms with E-state index in [1.165, 1.54) is 25.7 Å². The van der Waals surface area contributed by atoms with Crippen LogP contribution in [0.5, 0.6) is 0 Å². The van der Waals surface area contributed by atoms with E-state index in [1.54, 1.807) is 0 Å². The molecule has 0 aromatic rings. The van der Waals surface area contributed by atoms with Gasteiger partial charge in [0.05, 0.1) is 6.07 Å². The van der Waals surface area contributed by atoms with Crippen molar-refractivity contribution in [2.24, 2.45) is 5.41 Å². The molecule has 4 heteroatoms. The summed E-state index contributed by atoms with van der Waals surface area (Å²) < 4.78 is 0.223. The summed E-state index contributed by atoms with van der Waals surface area (Å²) in [5.41, 5.74) is -0.740. The van der Waals surface area contributed by atoms with Crippen molar-refractivity contribution in [3.8, 4) is 6.07 Å². The van der Waals surface area contributed by atoms with Crippen LogP contribution < -0.4 is 5.32 Å². The minimum absolute atomic E-state index is 0.0185. The molecule has 2 fully saturated rings. The highest BCUT2D eigenvalue weighted by Crippen LogP contribution is 2.40. The van der Waals surface area contributed by atoms with Crippen LogP contribution in [0.4, 0.5) is 0 Å². The highest BCUT2D eigenvalue weighted by molar-refractivity contribution is 8.00. The second-order valence-electron chi connectivity index (χ2n) is 6.03. The van der Waals surface area contributed by atoms with Crippen molar-refractivity contribution in [3.63, 3.8) is 0 Å². The zero-order chi connectivity index (χ0) is 13.8. The van der Waals surface area contributed by atoms with E-state index in [1.807, 2.05) is 11.8 Å². The molecule has 0 bridgehead atoms. The SMILES string of the molecule is CSC1(CNC(=O)C2(C#N)CCCCC2)CCCC1. The van der Waals surface area contributed by atoms with E-state index >= 15 is 0 Å². The van der Waals surface area contributed by atoms with Gasteiger partial charge in [-0.2, -0.15) is 17.0 Å². The Bertz CT molecular complexity index is 363. The smallest absolute Gasteiger partial charge is 0.240 e. The first-order valence-electron chi connectivity index (χ1n) is 7.41. The third-order valence-corrected chi connectivity index (χ3v) is 6.29. The van der Waals surface area contributed by atoms with Crippen LogP contribution in [0.1, 0.15) is 57.8 Å². The van der Waals surface area contributed by atoms with Crippen LogP contribution in [-0.2, 0) is 4.79 Å². The van der Waals surface area contributed by atoms with Gasteiger partial charge >= 0.3 is 0 Å². The molecule has 2 rings (SSSR count). The fourth-order valence-corrected chi connectivity index (χ4v) is 4.34. The zero-order valence-electron chi connectivity index (χ0n) is 11.8. The molecule has 0 radical (unpaired) electrons. The van der Waals surface area contributed by atoms with Gasteiger partial charge in [0.15, 0.2) is 0 Å². The minimum Gasteiger partial charge on any atom is -0.353 e. The van der Waals surface area contributed by atoms with Crippen molar-refractivity contribution in [2.75, 3.05) is 12.8 Å². The topological polar surface area (TPSA) is 52.9 Å². The van der Waals surface area contributed by atoms with Crippen molar-refractivity contribution in [2.45, 2.75) is 62.5 Å². The lowest BCUT2D eigenvalue weighted by atomic mass is 9.74. The second kappa shape index (κ2) is 6.17. The fourth-order valence-electron chi connectivity index (χ4n) is 3.43. The molecule has 0 atom stereocenters. The number of hydrogen-bond donors (Lipinski definition) is 1. The molecular formula is C15H24N2OS. The monoisotopic (exact) mass is 280 g/mol. The summed E-state index contributed by atoms with van der Waals surface area (Å²) >= 11 is 1.88. The molecule has 3 nitrogen and oxygen atoms in total. The molecule has 19 heavy (non-hydrogen) atoms. The van der Waals surface area contributed by atoms with Crippen LogP contribution in [0.3, 0.4) is 0 Å². The maximum atomic E-state index is 12.4. The van der Waals surface area contributed by atoms with Gasteiger partial charge in [0.2, 0.25) is 5.91 Å². The Hall–Kier alpha value is -0.690. The highest BCUT2D eigenvalue weighted by Gasteiger charge is 2.41. The Balaban J connectivity index is 1.94. The van der Waals surface area contributed by atoms with Gasteiger partial charge in [-0.05, 0) is 31.9 Å². The normalized spacial score (nSPS) is 24.6. The van der Waals surface area contributed by atoms with Crippen molar-refractivity contribution >= 4 is 17.7 Å². The summed E-state index contributed by atoms with van der Waals surface area (Å²) in [4.78, 5) is 12.4. The van der Waals surface area contributed by atoms with Gasteiger partial charge in [-0.3, -0.25) is 4.79 Å². The van der Waals surface area contributed by atoms with Crippen molar-refractivity contribution < 1.29 is 4.79 Å². The summed E-state index contributed by atoms with van der Waals surface area (Å²) in [6, 6.07) is 2.30. The van der Waals surface area contributed by atoms with Crippen LogP contribution in [-0.4, -0.2) is 23.5 Å². The predicted molar refractivity (Wildman–Crippen MR) is 78.9 cm³/mol. The van der Waals surface area contributed by atoms with E-state index < -0.39 is 5.41 Å². The Labute approximate surface area is 120 Å². The van der Waals surface area contributed by atoms with Gasteiger partial charge < -0.3 is 5.32 Å². The first-order chi connectivity index (χ1) is 9.16. The zero-order valence-corrected chi connectivity index (χ0v) is 12.7. The van der Waals surface area contributed by atoms with Crippen LogP contribution in [0.25, 0.3) is 0 Å². The van der Waals surface area contributed by atoms with Gasteiger partial charge in [-0.15, -0.1) is 0 Å². The van der Waals surface area contributed by atoms with Crippen molar-refractivity contribution in [1.29, 1.82) is 5.26 Å². The van der Waals surface area contributed by atoms with Crippen molar-refractivity contribution in [3.05, 3.63) is 0 Å². The van der Waals surface area contributed by atoms with E-state index in [-0.39, 0.29) is 10.7 Å². The third kappa shape index (κ3) is 3.08. The molecule has 0 saturated heterocycles. The Kier molecular flexibility index (Phi) is 4.78. The number of nitrogens with one attached hydrogen (secondary N) is 1. The highest BCUT2D eigenvalue weighted by atomic mass is 32.2. The average Bonchev–Trinajstić information content (AvgIpc) is 2.95. The number of amides is 1. The molecule has 0 aliphatic heterocycles. The van der Waals surface area contributed by atoms with Gasteiger partial charge in [0.1, 0.15) is 5.41 Å². The maximum absolute atomic E-state index is 12.4. The number of thioether (sulfide) groups is 1. The van der Waals surface area contributed by atoms with Gasteiger partial charge in [-0.1, -0.05) is 32.1 Å². The number of nitrogens with zero attached hydrogens (tertiary/aromatic N) is 1. The molecule has 0 aromatic heterocycles. The van der Waals surface area contributed by atoms with Crippen LogP contribution in [0, 0.1) is 16.7 Å². The van der Waals surface area contributed by atoms with E-state index in [9.17, 15) is 10.1 Å². The standard InChI is InChI=1S/C15H24N2OS/c1-19-15(9-5-6-10-15)12-17-13(18)14(11-16)7-3-2-4-8-14/h2-10,12H2,1H3,(H,17,18). The van der Waals surface area contributed by atoms with E-state index in [4.69, 9.17) is 0 Å². The number of rotatable bonds is 4. The minimum atomic E-state index is -0.740. The molecule has 106 valence electrons. The molecule has 1 N–H and O–H groups in total. The second-order valence-corrected chi connectivity index (χ2v) is 7.31.